The van der Waals surface area contributed by atoms with E-state index < -0.39 is 11.3 Å². The summed E-state index contributed by atoms with van der Waals surface area (Å²) in [5.74, 6) is 1.13. The molecular weight excluding hydrogens is 318 g/mol. The monoisotopic (exact) mass is 336 g/mol. The zero-order chi connectivity index (χ0) is 14.3. The van der Waals surface area contributed by atoms with Gasteiger partial charge in [-0.15, -0.1) is 0 Å². The smallest absolute Gasteiger partial charge is 0.255 e. The van der Waals surface area contributed by atoms with Crippen LogP contribution in [-0.4, -0.2) is 19.6 Å². The number of halogens is 3. The van der Waals surface area contributed by atoms with Crippen molar-refractivity contribution in [2.75, 3.05) is 13.2 Å². The fourth-order valence-electron chi connectivity index (χ4n) is 1.50. The first-order chi connectivity index (χ1) is 9.10. The Balaban J connectivity index is 2.93. The summed E-state index contributed by atoms with van der Waals surface area (Å²) in [7, 11) is 0. The molecule has 0 spiro atoms. The van der Waals surface area contributed by atoms with Crippen LogP contribution >= 0.6 is 15.9 Å². The van der Waals surface area contributed by atoms with Gasteiger partial charge in [0.05, 0.1) is 13.2 Å². The maximum atomic E-state index is 12.7. The normalized spacial score (nSPS) is 12.5. The average molecular weight is 337 g/mol. The van der Waals surface area contributed by atoms with E-state index in [2.05, 4.69) is 15.9 Å². The van der Waals surface area contributed by atoms with Crippen molar-refractivity contribution >= 4 is 15.9 Å². The first-order valence-electron chi connectivity index (χ1n) is 6.41. The SMILES string of the molecule is CCCOc1ccc(C(Br)C(F)F)cc1OCCC. The lowest BCUT2D eigenvalue weighted by molar-refractivity contribution is 0.147. The molecule has 1 aromatic carbocycles. The molecule has 1 aromatic rings. The van der Waals surface area contributed by atoms with Crippen LogP contribution in [0, 0.1) is 0 Å². The van der Waals surface area contributed by atoms with Gasteiger partial charge in [-0.05, 0) is 30.5 Å². The first-order valence-corrected chi connectivity index (χ1v) is 7.33. The summed E-state index contributed by atoms with van der Waals surface area (Å²) in [5, 5.41) is 0. The Hall–Kier alpha value is -0.840. The molecule has 0 aliphatic rings. The van der Waals surface area contributed by atoms with Crippen LogP contribution < -0.4 is 9.47 Å². The van der Waals surface area contributed by atoms with Crippen molar-refractivity contribution in [2.45, 2.75) is 37.9 Å². The molecule has 0 fully saturated rings. The highest BCUT2D eigenvalue weighted by Gasteiger charge is 2.20. The zero-order valence-corrected chi connectivity index (χ0v) is 12.8. The number of alkyl halides is 3. The number of hydrogen-bond donors (Lipinski definition) is 0. The van der Waals surface area contributed by atoms with Crippen molar-refractivity contribution in [1.82, 2.24) is 0 Å². The van der Waals surface area contributed by atoms with Gasteiger partial charge in [-0.1, -0.05) is 35.8 Å². The van der Waals surface area contributed by atoms with Gasteiger partial charge in [-0.25, -0.2) is 8.78 Å². The summed E-state index contributed by atoms with van der Waals surface area (Å²) in [6.07, 6.45) is -0.724. The summed E-state index contributed by atoms with van der Waals surface area (Å²) in [5.41, 5.74) is 0.491. The lowest BCUT2D eigenvalue weighted by Crippen LogP contribution is -2.05. The van der Waals surface area contributed by atoms with Gasteiger partial charge in [-0.3, -0.25) is 0 Å². The molecule has 0 amide bonds. The molecule has 108 valence electrons. The highest BCUT2D eigenvalue weighted by Crippen LogP contribution is 2.36. The molecule has 1 unspecified atom stereocenters. The lowest BCUT2D eigenvalue weighted by atomic mass is 10.1. The molecule has 0 heterocycles. The summed E-state index contributed by atoms with van der Waals surface area (Å²) in [6.45, 7) is 5.11. The summed E-state index contributed by atoms with van der Waals surface area (Å²) in [6, 6.07) is 4.94. The molecular formula is C14H19BrF2O2. The molecule has 1 atom stereocenters. The van der Waals surface area contributed by atoms with Crippen molar-refractivity contribution in [3.8, 4) is 11.5 Å². The Morgan fingerprint density at radius 1 is 1.05 bits per heavy atom. The van der Waals surface area contributed by atoms with Crippen LogP contribution in [0.4, 0.5) is 8.78 Å². The van der Waals surface area contributed by atoms with Gasteiger partial charge in [0.25, 0.3) is 6.43 Å². The van der Waals surface area contributed by atoms with E-state index in [9.17, 15) is 8.78 Å². The molecule has 0 aliphatic heterocycles. The van der Waals surface area contributed by atoms with Gasteiger partial charge < -0.3 is 9.47 Å². The van der Waals surface area contributed by atoms with Crippen LogP contribution in [-0.2, 0) is 0 Å². The minimum Gasteiger partial charge on any atom is -0.490 e. The van der Waals surface area contributed by atoms with E-state index >= 15 is 0 Å². The van der Waals surface area contributed by atoms with E-state index in [-0.39, 0.29) is 0 Å². The highest BCUT2D eigenvalue weighted by atomic mass is 79.9. The predicted octanol–water partition coefficient (Wildman–Crippen LogP) is 4.97. The van der Waals surface area contributed by atoms with Crippen LogP contribution in [0.2, 0.25) is 0 Å². The summed E-state index contributed by atoms with van der Waals surface area (Å²) >= 11 is 2.98. The lowest BCUT2D eigenvalue weighted by Gasteiger charge is -2.15. The van der Waals surface area contributed by atoms with Gasteiger partial charge in [0.1, 0.15) is 4.83 Å². The van der Waals surface area contributed by atoms with Crippen molar-refractivity contribution < 1.29 is 18.3 Å². The fraction of sp³-hybridized carbons (Fsp3) is 0.571. The van der Waals surface area contributed by atoms with Gasteiger partial charge >= 0.3 is 0 Å². The van der Waals surface area contributed by atoms with Crippen LogP contribution in [0.15, 0.2) is 18.2 Å². The van der Waals surface area contributed by atoms with Crippen LogP contribution in [0.3, 0.4) is 0 Å². The topological polar surface area (TPSA) is 18.5 Å². The van der Waals surface area contributed by atoms with E-state index in [1.807, 2.05) is 13.8 Å². The minimum atomic E-state index is -2.46. The van der Waals surface area contributed by atoms with Gasteiger partial charge in [0.15, 0.2) is 11.5 Å². The van der Waals surface area contributed by atoms with Crippen LogP contribution in [0.25, 0.3) is 0 Å². The summed E-state index contributed by atoms with van der Waals surface area (Å²) < 4.78 is 36.5. The number of ether oxygens (including phenoxy) is 2. The van der Waals surface area contributed by atoms with E-state index in [1.54, 1.807) is 18.2 Å². The molecule has 5 heteroatoms. The van der Waals surface area contributed by atoms with Crippen molar-refractivity contribution in [1.29, 1.82) is 0 Å². The maximum Gasteiger partial charge on any atom is 0.255 e. The molecule has 0 radical (unpaired) electrons. The third kappa shape index (κ3) is 4.97. The number of hydrogen-bond acceptors (Lipinski definition) is 2. The second-order valence-corrected chi connectivity index (χ2v) is 5.13. The van der Waals surface area contributed by atoms with Gasteiger partial charge in [-0.2, -0.15) is 0 Å². The Kier molecular flexibility index (Phi) is 7.13. The van der Waals surface area contributed by atoms with E-state index in [0.29, 0.717) is 30.3 Å². The second-order valence-electron chi connectivity index (χ2n) is 4.14. The van der Waals surface area contributed by atoms with E-state index in [1.165, 1.54) is 0 Å². The van der Waals surface area contributed by atoms with Crippen molar-refractivity contribution in [2.24, 2.45) is 0 Å². The molecule has 19 heavy (non-hydrogen) atoms. The Bertz CT molecular complexity index is 386. The van der Waals surface area contributed by atoms with E-state index in [0.717, 1.165) is 12.8 Å². The molecule has 0 aliphatic carbocycles. The Morgan fingerprint density at radius 2 is 1.63 bits per heavy atom. The van der Waals surface area contributed by atoms with E-state index in [4.69, 9.17) is 9.47 Å². The first kappa shape index (κ1) is 16.2. The average Bonchev–Trinajstić information content (AvgIpc) is 2.42. The fourth-order valence-corrected chi connectivity index (χ4v) is 1.78. The van der Waals surface area contributed by atoms with Gasteiger partial charge in [0, 0.05) is 0 Å². The van der Waals surface area contributed by atoms with Crippen LogP contribution in [0.1, 0.15) is 37.1 Å². The highest BCUT2D eigenvalue weighted by molar-refractivity contribution is 9.09. The zero-order valence-electron chi connectivity index (χ0n) is 11.2. The molecule has 0 N–H and O–H groups in total. The number of rotatable bonds is 8. The Labute approximate surface area is 121 Å². The third-order valence-corrected chi connectivity index (χ3v) is 3.36. The Morgan fingerprint density at radius 3 is 2.16 bits per heavy atom. The molecule has 0 bridgehead atoms. The van der Waals surface area contributed by atoms with Crippen LogP contribution in [0.5, 0.6) is 11.5 Å². The maximum absolute atomic E-state index is 12.7. The predicted molar refractivity (Wildman–Crippen MR) is 75.7 cm³/mol. The second kappa shape index (κ2) is 8.35. The quantitative estimate of drug-likeness (QED) is 0.624. The van der Waals surface area contributed by atoms with Crippen molar-refractivity contribution in [3.05, 3.63) is 23.8 Å². The molecule has 1 rings (SSSR count). The third-order valence-electron chi connectivity index (χ3n) is 2.43. The van der Waals surface area contributed by atoms with Crippen molar-refractivity contribution in [3.63, 3.8) is 0 Å². The number of benzene rings is 1. The summed E-state index contributed by atoms with van der Waals surface area (Å²) in [4.78, 5) is -0.989. The largest absolute Gasteiger partial charge is 0.490 e. The minimum absolute atomic E-state index is 0.491. The molecule has 2 nitrogen and oxygen atoms in total. The molecule has 0 aromatic heterocycles. The standard InChI is InChI=1S/C14H19BrF2O2/c1-3-7-18-11-6-5-10(13(15)14(16)17)9-12(11)19-8-4-2/h5-6,9,13-14H,3-4,7-8H2,1-2H3. The van der Waals surface area contributed by atoms with Gasteiger partial charge in [0.2, 0.25) is 0 Å². The molecule has 0 saturated carbocycles. The molecule has 0 saturated heterocycles.